The summed E-state index contributed by atoms with van der Waals surface area (Å²) in [6.45, 7) is 1.52. The molecule has 0 bridgehead atoms. The lowest BCUT2D eigenvalue weighted by atomic mass is 10.2. The standard InChI is InChI=1S/C19H15Cl3N2O4S/c1-9(28-14-6-3-10(20)7-13(14)21)18(25)23-24-19(26)17-16(22)12-5-4-11(27-2)8-15(12)29-17/h3-9H,1-2H3,(H,23,25)(H,24,26). The largest absolute Gasteiger partial charge is 0.497 e. The number of carbonyl (C=O) groups excluding carboxylic acids is 2. The number of thiophene rings is 1. The third-order valence-electron chi connectivity index (χ3n) is 3.91. The Labute approximate surface area is 185 Å². The minimum absolute atomic E-state index is 0.268. The first-order valence-corrected chi connectivity index (χ1v) is 10.2. The highest BCUT2D eigenvalue weighted by atomic mass is 35.5. The molecule has 1 atom stereocenters. The first-order chi connectivity index (χ1) is 13.8. The third-order valence-corrected chi connectivity index (χ3v) is 6.10. The summed E-state index contributed by atoms with van der Waals surface area (Å²) in [4.78, 5) is 25.0. The number of hydrogen-bond donors (Lipinski definition) is 2. The summed E-state index contributed by atoms with van der Waals surface area (Å²) in [6.07, 6.45) is -0.920. The monoisotopic (exact) mass is 472 g/mol. The van der Waals surface area contributed by atoms with E-state index in [2.05, 4.69) is 10.9 Å². The molecule has 6 nitrogen and oxygen atoms in total. The zero-order valence-electron chi connectivity index (χ0n) is 15.2. The molecular weight excluding hydrogens is 459 g/mol. The lowest BCUT2D eigenvalue weighted by Crippen LogP contribution is -2.47. The number of amides is 2. The molecule has 2 amide bonds. The molecule has 0 saturated carbocycles. The number of benzene rings is 2. The van der Waals surface area contributed by atoms with Gasteiger partial charge in [0.15, 0.2) is 6.10 Å². The van der Waals surface area contributed by atoms with Crippen LogP contribution in [0.4, 0.5) is 0 Å². The molecule has 29 heavy (non-hydrogen) atoms. The van der Waals surface area contributed by atoms with Crippen molar-refractivity contribution in [3.63, 3.8) is 0 Å². The number of ether oxygens (including phenoxy) is 2. The van der Waals surface area contributed by atoms with Gasteiger partial charge in [0.25, 0.3) is 11.8 Å². The first kappa shape index (κ1) is 21.5. The average molecular weight is 474 g/mol. The van der Waals surface area contributed by atoms with E-state index >= 15 is 0 Å². The lowest BCUT2D eigenvalue weighted by molar-refractivity contribution is -0.128. The van der Waals surface area contributed by atoms with Crippen molar-refractivity contribution in [2.75, 3.05) is 7.11 Å². The van der Waals surface area contributed by atoms with E-state index in [-0.39, 0.29) is 9.90 Å². The van der Waals surface area contributed by atoms with Crippen molar-refractivity contribution in [3.05, 3.63) is 56.3 Å². The van der Waals surface area contributed by atoms with Crippen LogP contribution in [-0.2, 0) is 4.79 Å². The number of nitrogens with one attached hydrogen (secondary N) is 2. The minimum Gasteiger partial charge on any atom is -0.497 e. The maximum atomic E-state index is 12.5. The van der Waals surface area contributed by atoms with Gasteiger partial charge in [-0.3, -0.25) is 20.4 Å². The lowest BCUT2D eigenvalue weighted by Gasteiger charge is -2.16. The van der Waals surface area contributed by atoms with Crippen LogP contribution in [0.5, 0.6) is 11.5 Å². The molecule has 0 radical (unpaired) electrons. The Morgan fingerprint density at radius 1 is 1.07 bits per heavy atom. The molecule has 10 heteroatoms. The number of halogens is 3. The Balaban J connectivity index is 1.64. The van der Waals surface area contributed by atoms with Gasteiger partial charge in [-0.15, -0.1) is 11.3 Å². The SMILES string of the molecule is COc1ccc2c(Cl)c(C(=O)NNC(=O)C(C)Oc3ccc(Cl)cc3Cl)sc2c1. The van der Waals surface area contributed by atoms with Crippen molar-refractivity contribution in [3.8, 4) is 11.5 Å². The molecule has 2 aromatic carbocycles. The van der Waals surface area contributed by atoms with Crippen molar-refractivity contribution < 1.29 is 19.1 Å². The van der Waals surface area contributed by atoms with Gasteiger partial charge in [0.1, 0.15) is 16.4 Å². The number of rotatable bonds is 5. The van der Waals surface area contributed by atoms with Gasteiger partial charge in [-0.1, -0.05) is 34.8 Å². The number of carbonyl (C=O) groups is 2. The van der Waals surface area contributed by atoms with E-state index in [1.807, 2.05) is 0 Å². The van der Waals surface area contributed by atoms with E-state index in [9.17, 15) is 9.59 Å². The van der Waals surface area contributed by atoms with Gasteiger partial charge in [-0.25, -0.2) is 0 Å². The van der Waals surface area contributed by atoms with Crippen molar-refractivity contribution in [1.29, 1.82) is 0 Å². The van der Waals surface area contributed by atoms with Crippen LogP contribution in [0.1, 0.15) is 16.6 Å². The van der Waals surface area contributed by atoms with Crippen molar-refractivity contribution in [2.24, 2.45) is 0 Å². The Bertz CT molecular complexity index is 1090. The summed E-state index contributed by atoms with van der Waals surface area (Å²) in [5, 5.41) is 1.75. The topological polar surface area (TPSA) is 76.7 Å². The van der Waals surface area contributed by atoms with Crippen LogP contribution in [-0.4, -0.2) is 25.0 Å². The van der Waals surface area contributed by atoms with E-state index in [1.54, 1.807) is 37.4 Å². The van der Waals surface area contributed by atoms with Gasteiger partial charge in [-0.2, -0.15) is 0 Å². The van der Waals surface area contributed by atoms with Crippen LogP contribution in [0.15, 0.2) is 36.4 Å². The summed E-state index contributed by atoms with van der Waals surface area (Å²) in [6, 6.07) is 9.96. The molecule has 0 aliphatic carbocycles. The number of hydrazine groups is 1. The molecule has 2 N–H and O–H groups in total. The molecule has 1 unspecified atom stereocenters. The summed E-state index contributed by atoms with van der Waals surface area (Å²) >= 11 is 19.4. The molecule has 0 fully saturated rings. The average Bonchev–Trinajstić information content (AvgIpc) is 3.03. The van der Waals surface area contributed by atoms with Crippen LogP contribution < -0.4 is 20.3 Å². The molecule has 1 heterocycles. The third kappa shape index (κ3) is 4.87. The minimum atomic E-state index is -0.920. The van der Waals surface area contributed by atoms with Crippen LogP contribution in [0, 0.1) is 0 Å². The maximum Gasteiger partial charge on any atom is 0.281 e. The fourth-order valence-corrected chi connectivity index (χ4v) is 4.30. The molecule has 0 saturated heterocycles. The summed E-state index contributed by atoms with van der Waals surface area (Å²) < 4.78 is 11.5. The summed E-state index contributed by atoms with van der Waals surface area (Å²) in [5.41, 5.74) is 4.66. The van der Waals surface area contributed by atoms with Crippen molar-refractivity contribution in [2.45, 2.75) is 13.0 Å². The Morgan fingerprint density at radius 2 is 1.83 bits per heavy atom. The smallest absolute Gasteiger partial charge is 0.281 e. The van der Waals surface area contributed by atoms with Crippen molar-refractivity contribution in [1.82, 2.24) is 10.9 Å². The van der Waals surface area contributed by atoms with Gasteiger partial charge < -0.3 is 9.47 Å². The quantitative estimate of drug-likeness (QED) is 0.506. The summed E-state index contributed by atoms with van der Waals surface area (Å²) in [5.74, 6) is -0.155. The zero-order chi connectivity index (χ0) is 21.1. The molecule has 0 aliphatic rings. The van der Waals surface area contributed by atoms with E-state index < -0.39 is 17.9 Å². The molecule has 0 aliphatic heterocycles. The van der Waals surface area contributed by atoms with E-state index in [0.29, 0.717) is 21.5 Å². The molecule has 3 aromatic rings. The van der Waals surface area contributed by atoms with Crippen LogP contribution in [0.3, 0.4) is 0 Å². The van der Waals surface area contributed by atoms with Crippen molar-refractivity contribution >= 4 is 68.0 Å². The molecule has 152 valence electrons. The Hall–Kier alpha value is -2.19. The highest BCUT2D eigenvalue weighted by molar-refractivity contribution is 7.21. The number of hydrogen-bond acceptors (Lipinski definition) is 5. The van der Waals surface area contributed by atoms with E-state index in [4.69, 9.17) is 44.3 Å². The predicted octanol–water partition coefficient (Wildman–Crippen LogP) is 5.10. The van der Waals surface area contributed by atoms with Gasteiger partial charge in [0.05, 0.1) is 17.2 Å². The van der Waals surface area contributed by atoms with Crippen LogP contribution >= 0.6 is 46.1 Å². The molecule has 0 spiro atoms. The predicted molar refractivity (Wildman–Crippen MR) is 116 cm³/mol. The van der Waals surface area contributed by atoms with Gasteiger partial charge in [0.2, 0.25) is 0 Å². The Morgan fingerprint density at radius 3 is 2.52 bits per heavy atom. The first-order valence-electron chi connectivity index (χ1n) is 8.28. The van der Waals surface area contributed by atoms with Crippen LogP contribution in [0.25, 0.3) is 10.1 Å². The maximum absolute atomic E-state index is 12.5. The van der Waals surface area contributed by atoms with E-state index in [0.717, 1.165) is 10.1 Å². The van der Waals surface area contributed by atoms with Gasteiger partial charge in [0, 0.05) is 15.1 Å². The number of methoxy groups -OCH3 is 1. The molecule has 3 rings (SSSR count). The highest BCUT2D eigenvalue weighted by Gasteiger charge is 2.20. The fraction of sp³-hybridized carbons (Fsp3) is 0.158. The summed E-state index contributed by atoms with van der Waals surface area (Å²) in [7, 11) is 1.56. The second-order valence-electron chi connectivity index (χ2n) is 5.89. The van der Waals surface area contributed by atoms with E-state index in [1.165, 1.54) is 24.3 Å². The normalized spacial score (nSPS) is 11.8. The van der Waals surface area contributed by atoms with Gasteiger partial charge in [-0.05, 0) is 43.3 Å². The van der Waals surface area contributed by atoms with Crippen LogP contribution in [0.2, 0.25) is 15.1 Å². The second kappa shape index (κ2) is 9.09. The molecular formula is C19H15Cl3N2O4S. The number of fused-ring (bicyclic) bond motifs is 1. The highest BCUT2D eigenvalue weighted by Crippen LogP contribution is 2.37. The molecule has 1 aromatic heterocycles. The fourth-order valence-electron chi connectivity index (χ4n) is 2.41. The second-order valence-corrected chi connectivity index (χ2v) is 8.16. The van der Waals surface area contributed by atoms with Gasteiger partial charge >= 0.3 is 0 Å². The Kier molecular flexibility index (Phi) is 6.74. The zero-order valence-corrected chi connectivity index (χ0v) is 18.3.